The van der Waals surface area contributed by atoms with Gasteiger partial charge < -0.3 is 0 Å². The van der Waals surface area contributed by atoms with Crippen LogP contribution < -0.4 is 0 Å². The van der Waals surface area contributed by atoms with E-state index >= 15 is 0 Å². The summed E-state index contributed by atoms with van der Waals surface area (Å²) in [4.78, 5) is 14.6. The van der Waals surface area contributed by atoms with E-state index in [4.69, 9.17) is 0 Å². The van der Waals surface area contributed by atoms with Crippen LogP contribution in [0.2, 0.25) is 0 Å². The lowest BCUT2D eigenvalue weighted by atomic mass is 10.1. The second-order valence-corrected chi connectivity index (χ2v) is 3.62. The van der Waals surface area contributed by atoms with Crippen LogP contribution in [0.25, 0.3) is 0 Å². The standard InChI is InChI=1S/C9H6BrNOS/c1-6-2-7(4-8(10)3-6)9(12)11-5-13/h2-4H,1H3. The van der Waals surface area contributed by atoms with E-state index in [-0.39, 0.29) is 5.91 Å². The van der Waals surface area contributed by atoms with Gasteiger partial charge in [-0.2, -0.15) is 4.99 Å². The molecular formula is C9H6BrNOS. The first kappa shape index (κ1) is 10.3. The molecule has 0 saturated carbocycles. The summed E-state index contributed by atoms with van der Waals surface area (Å²) < 4.78 is 0.857. The Morgan fingerprint density at radius 1 is 1.54 bits per heavy atom. The summed E-state index contributed by atoms with van der Waals surface area (Å²) in [7, 11) is 0. The second-order valence-electron chi connectivity index (χ2n) is 2.53. The summed E-state index contributed by atoms with van der Waals surface area (Å²) >= 11 is 7.64. The quantitative estimate of drug-likeness (QED) is 0.571. The summed E-state index contributed by atoms with van der Waals surface area (Å²) in [6.45, 7) is 1.91. The minimum absolute atomic E-state index is 0.362. The summed E-state index contributed by atoms with van der Waals surface area (Å²) in [5, 5.41) is 2.05. The van der Waals surface area contributed by atoms with Crippen molar-refractivity contribution >= 4 is 39.2 Å². The predicted octanol–water partition coefficient (Wildman–Crippen LogP) is 3.00. The zero-order valence-electron chi connectivity index (χ0n) is 6.87. The highest BCUT2D eigenvalue weighted by Gasteiger charge is 2.04. The van der Waals surface area contributed by atoms with E-state index in [0.29, 0.717) is 5.56 Å². The lowest BCUT2D eigenvalue weighted by Crippen LogP contribution is -1.94. The Hall–Kier alpha value is -0.830. The van der Waals surface area contributed by atoms with Gasteiger partial charge in [-0.05, 0) is 42.9 Å². The maximum atomic E-state index is 11.2. The van der Waals surface area contributed by atoms with E-state index < -0.39 is 0 Å². The van der Waals surface area contributed by atoms with Crippen LogP contribution >= 0.6 is 28.1 Å². The second kappa shape index (κ2) is 4.42. The molecule has 0 fully saturated rings. The van der Waals surface area contributed by atoms with E-state index in [1.807, 2.05) is 18.2 Å². The summed E-state index contributed by atoms with van der Waals surface area (Å²) in [5.74, 6) is -0.362. The van der Waals surface area contributed by atoms with Crippen molar-refractivity contribution in [3.05, 3.63) is 33.8 Å². The van der Waals surface area contributed by atoms with E-state index in [2.05, 4.69) is 33.1 Å². The van der Waals surface area contributed by atoms with Gasteiger partial charge in [-0.15, -0.1) is 0 Å². The van der Waals surface area contributed by atoms with Gasteiger partial charge in [0.05, 0.1) is 5.16 Å². The molecular weight excluding hydrogens is 250 g/mol. The number of carbonyl (C=O) groups excluding carboxylic acids is 1. The lowest BCUT2D eigenvalue weighted by molar-refractivity contribution is 0.100. The number of hydrogen-bond donors (Lipinski definition) is 0. The SMILES string of the molecule is Cc1cc(Br)cc(C(=O)N=C=S)c1. The van der Waals surface area contributed by atoms with Crippen molar-refractivity contribution in [2.75, 3.05) is 0 Å². The molecule has 0 radical (unpaired) electrons. The van der Waals surface area contributed by atoms with Crippen LogP contribution in [0, 0.1) is 6.92 Å². The van der Waals surface area contributed by atoms with Gasteiger partial charge in [0.25, 0.3) is 5.91 Å². The average molecular weight is 256 g/mol. The number of hydrogen-bond acceptors (Lipinski definition) is 2. The van der Waals surface area contributed by atoms with Gasteiger partial charge >= 0.3 is 0 Å². The number of aliphatic imine (C=N–C) groups is 1. The Morgan fingerprint density at radius 2 is 2.23 bits per heavy atom. The lowest BCUT2D eigenvalue weighted by Gasteiger charge is -1.98. The summed E-state index contributed by atoms with van der Waals surface area (Å²) in [6, 6.07) is 5.37. The van der Waals surface area contributed by atoms with Gasteiger partial charge in [0, 0.05) is 10.0 Å². The maximum Gasteiger partial charge on any atom is 0.285 e. The van der Waals surface area contributed by atoms with Crippen molar-refractivity contribution in [3.8, 4) is 0 Å². The topological polar surface area (TPSA) is 29.4 Å². The molecule has 1 rings (SSSR count). The van der Waals surface area contributed by atoms with Gasteiger partial charge in [-0.3, -0.25) is 4.79 Å². The first-order valence-electron chi connectivity index (χ1n) is 3.53. The van der Waals surface area contributed by atoms with Crippen LogP contribution in [0.15, 0.2) is 27.7 Å². The number of aryl methyl sites for hydroxylation is 1. The van der Waals surface area contributed by atoms with Crippen molar-refractivity contribution in [2.24, 2.45) is 4.99 Å². The van der Waals surface area contributed by atoms with Crippen LogP contribution in [0.5, 0.6) is 0 Å². The molecule has 0 atom stereocenters. The molecule has 1 aromatic rings. The smallest absolute Gasteiger partial charge is 0.266 e. The number of rotatable bonds is 1. The number of halogens is 1. The molecule has 0 saturated heterocycles. The molecule has 0 unspecified atom stereocenters. The molecule has 1 amide bonds. The van der Waals surface area contributed by atoms with Gasteiger partial charge in [-0.25, -0.2) is 0 Å². The van der Waals surface area contributed by atoms with E-state index in [0.717, 1.165) is 10.0 Å². The Labute approximate surface area is 89.8 Å². The Bertz CT molecular complexity index is 376. The van der Waals surface area contributed by atoms with Crippen LogP contribution in [-0.4, -0.2) is 11.1 Å². The summed E-state index contributed by atoms with van der Waals surface area (Å²) in [5.41, 5.74) is 1.52. The molecule has 0 heterocycles. The van der Waals surface area contributed by atoms with E-state index in [1.165, 1.54) is 0 Å². The van der Waals surface area contributed by atoms with E-state index in [1.54, 1.807) is 12.1 Å². The third kappa shape index (κ3) is 2.84. The highest BCUT2D eigenvalue weighted by molar-refractivity contribution is 9.10. The molecule has 0 aliphatic carbocycles. The molecule has 0 spiro atoms. The Balaban J connectivity index is 3.15. The van der Waals surface area contributed by atoms with Crippen molar-refractivity contribution in [1.82, 2.24) is 0 Å². The molecule has 2 nitrogen and oxygen atoms in total. The van der Waals surface area contributed by atoms with Gasteiger partial charge in [0.15, 0.2) is 0 Å². The minimum atomic E-state index is -0.362. The molecule has 66 valence electrons. The third-order valence-electron chi connectivity index (χ3n) is 1.44. The van der Waals surface area contributed by atoms with Crippen molar-refractivity contribution in [3.63, 3.8) is 0 Å². The highest BCUT2D eigenvalue weighted by Crippen LogP contribution is 2.15. The molecule has 4 heteroatoms. The zero-order valence-corrected chi connectivity index (χ0v) is 9.28. The third-order valence-corrected chi connectivity index (χ3v) is 1.99. The first-order valence-corrected chi connectivity index (χ1v) is 4.73. The number of amides is 1. The fourth-order valence-corrected chi connectivity index (χ4v) is 1.66. The maximum absolute atomic E-state index is 11.2. The fourth-order valence-electron chi connectivity index (χ4n) is 0.966. The Kier molecular flexibility index (Phi) is 3.48. The number of thiocarbonyl (C=S) groups is 1. The normalized spacial score (nSPS) is 9.08. The first-order chi connectivity index (χ1) is 6.13. The van der Waals surface area contributed by atoms with Crippen LogP contribution in [0.4, 0.5) is 0 Å². The fraction of sp³-hybridized carbons (Fsp3) is 0.111. The molecule has 0 N–H and O–H groups in total. The minimum Gasteiger partial charge on any atom is -0.266 e. The van der Waals surface area contributed by atoms with Gasteiger partial charge in [0.1, 0.15) is 0 Å². The highest BCUT2D eigenvalue weighted by atomic mass is 79.9. The molecule has 13 heavy (non-hydrogen) atoms. The number of nitrogens with zero attached hydrogens (tertiary/aromatic N) is 1. The zero-order chi connectivity index (χ0) is 9.84. The average Bonchev–Trinajstić information content (AvgIpc) is 2.03. The molecule has 0 aromatic heterocycles. The van der Waals surface area contributed by atoms with E-state index in [9.17, 15) is 4.79 Å². The van der Waals surface area contributed by atoms with Crippen LogP contribution in [0.1, 0.15) is 15.9 Å². The largest absolute Gasteiger partial charge is 0.285 e. The van der Waals surface area contributed by atoms with Crippen molar-refractivity contribution in [1.29, 1.82) is 0 Å². The van der Waals surface area contributed by atoms with Gasteiger partial charge in [-0.1, -0.05) is 15.9 Å². The number of benzene rings is 1. The summed E-state index contributed by atoms with van der Waals surface area (Å²) in [6.07, 6.45) is 0. The predicted molar refractivity (Wildman–Crippen MR) is 58.2 cm³/mol. The monoisotopic (exact) mass is 255 g/mol. The van der Waals surface area contributed by atoms with Crippen molar-refractivity contribution < 1.29 is 4.79 Å². The number of isothiocyanates is 1. The van der Waals surface area contributed by atoms with Crippen LogP contribution in [0.3, 0.4) is 0 Å². The molecule has 0 bridgehead atoms. The number of carbonyl (C=O) groups is 1. The molecule has 1 aromatic carbocycles. The molecule has 0 aliphatic heterocycles. The van der Waals surface area contributed by atoms with Crippen LogP contribution in [-0.2, 0) is 0 Å². The Morgan fingerprint density at radius 3 is 2.77 bits per heavy atom. The van der Waals surface area contributed by atoms with Crippen molar-refractivity contribution in [2.45, 2.75) is 6.92 Å². The molecule has 0 aliphatic rings. The van der Waals surface area contributed by atoms with Gasteiger partial charge in [0.2, 0.25) is 0 Å².